The van der Waals surface area contributed by atoms with E-state index in [-0.39, 0.29) is 23.0 Å². The van der Waals surface area contributed by atoms with E-state index in [2.05, 4.69) is 9.97 Å². The molecule has 0 radical (unpaired) electrons. The summed E-state index contributed by atoms with van der Waals surface area (Å²) >= 11 is 0. The first kappa shape index (κ1) is 18.4. The zero-order valence-electron chi connectivity index (χ0n) is 15.8. The zero-order valence-corrected chi connectivity index (χ0v) is 15.8. The van der Waals surface area contributed by atoms with Crippen LogP contribution in [0.15, 0.2) is 48.5 Å². The summed E-state index contributed by atoms with van der Waals surface area (Å²) in [6, 6.07) is 13.4. The minimum Gasteiger partial charge on any atom is -0.478 e. The van der Waals surface area contributed by atoms with Gasteiger partial charge in [0.25, 0.3) is 0 Å². The van der Waals surface area contributed by atoms with Crippen molar-refractivity contribution in [1.29, 1.82) is 0 Å². The Morgan fingerprint density at radius 2 is 1.66 bits per heavy atom. The summed E-state index contributed by atoms with van der Waals surface area (Å²) < 4.78 is 6.94. The Bertz CT molecular complexity index is 1260. The lowest BCUT2D eigenvalue weighted by atomic mass is 10.2. The number of hydrogen-bond donors (Lipinski definition) is 2. The van der Waals surface area contributed by atoms with Gasteiger partial charge in [-0.05, 0) is 50.2 Å². The number of ether oxygens (including phenoxy) is 1. The lowest BCUT2D eigenvalue weighted by Gasteiger charge is -2.09. The summed E-state index contributed by atoms with van der Waals surface area (Å²) in [7, 11) is 0. The largest absolute Gasteiger partial charge is 0.478 e. The number of aromatic carboxylic acids is 1. The smallest absolute Gasteiger partial charge is 0.344 e. The van der Waals surface area contributed by atoms with Gasteiger partial charge in [0, 0.05) is 5.69 Å². The van der Waals surface area contributed by atoms with Gasteiger partial charge in [0.2, 0.25) is 0 Å². The Kier molecular flexibility index (Phi) is 4.38. The third-order valence-corrected chi connectivity index (χ3v) is 4.42. The lowest BCUT2D eigenvalue weighted by Crippen LogP contribution is -2.13. The Morgan fingerprint density at radius 1 is 1.03 bits per heavy atom. The monoisotopic (exact) mass is 390 g/mol. The van der Waals surface area contributed by atoms with Crippen LogP contribution < -0.4 is 5.73 Å². The van der Waals surface area contributed by atoms with Gasteiger partial charge in [-0.25, -0.2) is 19.6 Å². The van der Waals surface area contributed by atoms with Gasteiger partial charge in [-0.3, -0.25) is 4.57 Å². The number of esters is 1. The topological polar surface area (TPSA) is 120 Å². The molecule has 4 aromatic rings. The molecule has 29 heavy (non-hydrogen) atoms. The fourth-order valence-corrected chi connectivity index (χ4v) is 3.15. The number of benzene rings is 2. The van der Waals surface area contributed by atoms with Crippen molar-refractivity contribution in [2.45, 2.75) is 20.0 Å². The average molecular weight is 390 g/mol. The molecular weight excluding hydrogens is 372 g/mol. The minimum atomic E-state index is -1.03. The molecule has 0 spiro atoms. The van der Waals surface area contributed by atoms with Crippen molar-refractivity contribution in [1.82, 2.24) is 14.5 Å². The van der Waals surface area contributed by atoms with Crippen LogP contribution in [0.1, 0.15) is 34.6 Å². The van der Waals surface area contributed by atoms with E-state index in [4.69, 9.17) is 15.6 Å². The SMILES string of the molecule is CC(C)OC(=O)c1c(N)n(-c2ccc(C(=O)O)cc2)c2nc3ccccc3nc12. The number of anilines is 1. The second-order valence-corrected chi connectivity index (χ2v) is 6.79. The van der Waals surface area contributed by atoms with E-state index < -0.39 is 11.9 Å². The standard InChI is InChI=1S/C21H18N4O4/c1-11(2)29-21(28)16-17-19(24-15-6-4-3-5-14(15)23-17)25(18(16)22)13-9-7-12(8-10-13)20(26)27/h3-11H,22H2,1-2H3,(H,26,27). The lowest BCUT2D eigenvalue weighted by molar-refractivity contribution is 0.0381. The second kappa shape index (κ2) is 6.90. The van der Waals surface area contributed by atoms with Gasteiger partial charge >= 0.3 is 11.9 Å². The molecule has 2 heterocycles. The number of carboxylic acid groups (broad SMARTS) is 1. The number of aromatic nitrogens is 3. The van der Waals surface area contributed by atoms with E-state index in [1.54, 1.807) is 36.6 Å². The molecule has 2 aromatic carbocycles. The van der Waals surface area contributed by atoms with E-state index in [0.29, 0.717) is 27.9 Å². The van der Waals surface area contributed by atoms with Crippen LogP contribution in [0.3, 0.4) is 0 Å². The summed E-state index contributed by atoms with van der Waals surface area (Å²) in [5.74, 6) is -1.49. The van der Waals surface area contributed by atoms with Crippen molar-refractivity contribution in [2.24, 2.45) is 0 Å². The van der Waals surface area contributed by atoms with Gasteiger partial charge in [-0.1, -0.05) is 12.1 Å². The van der Waals surface area contributed by atoms with Crippen molar-refractivity contribution in [2.75, 3.05) is 5.73 Å². The van der Waals surface area contributed by atoms with Crippen molar-refractivity contribution >= 4 is 40.0 Å². The summed E-state index contributed by atoms with van der Waals surface area (Å²) in [6.45, 7) is 3.50. The normalized spacial score (nSPS) is 11.3. The number of carboxylic acids is 1. The first-order chi connectivity index (χ1) is 13.9. The molecule has 0 amide bonds. The fraction of sp³-hybridized carbons (Fsp3) is 0.143. The molecular formula is C21H18N4O4. The van der Waals surface area contributed by atoms with Crippen molar-refractivity contribution < 1.29 is 19.4 Å². The molecule has 0 unspecified atom stereocenters. The molecule has 146 valence electrons. The molecule has 0 aliphatic carbocycles. The minimum absolute atomic E-state index is 0.129. The van der Waals surface area contributed by atoms with Crippen LogP contribution in [0.5, 0.6) is 0 Å². The van der Waals surface area contributed by atoms with Crippen LogP contribution in [0.4, 0.5) is 5.82 Å². The molecule has 8 nitrogen and oxygen atoms in total. The molecule has 3 N–H and O–H groups in total. The highest BCUT2D eigenvalue weighted by molar-refractivity contribution is 6.09. The number of nitrogens with two attached hydrogens (primary N) is 1. The van der Waals surface area contributed by atoms with Crippen LogP contribution in [0, 0.1) is 0 Å². The number of hydrogen-bond acceptors (Lipinski definition) is 6. The van der Waals surface area contributed by atoms with E-state index in [1.165, 1.54) is 12.1 Å². The van der Waals surface area contributed by atoms with E-state index in [1.807, 2.05) is 18.2 Å². The summed E-state index contributed by atoms with van der Waals surface area (Å²) in [5.41, 5.74) is 9.17. The van der Waals surface area contributed by atoms with Crippen LogP contribution in [0.25, 0.3) is 27.9 Å². The van der Waals surface area contributed by atoms with Crippen molar-refractivity contribution in [3.63, 3.8) is 0 Å². The molecule has 4 rings (SSSR count). The summed E-state index contributed by atoms with van der Waals surface area (Å²) in [6.07, 6.45) is -0.330. The van der Waals surface area contributed by atoms with Gasteiger partial charge in [0.1, 0.15) is 16.9 Å². The first-order valence-electron chi connectivity index (χ1n) is 8.98. The predicted octanol–water partition coefficient (Wildman–Crippen LogP) is 3.42. The highest BCUT2D eigenvalue weighted by Gasteiger charge is 2.26. The van der Waals surface area contributed by atoms with Crippen molar-refractivity contribution in [3.05, 3.63) is 59.7 Å². The van der Waals surface area contributed by atoms with Gasteiger partial charge in [0.15, 0.2) is 5.65 Å². The average Bonchev–Trinajstić information content (AvgIpc) is 2.96. The molecule has 0 aliphatic rings. The number of nitrogens with zero attached hydrogens (tertiary/aromatic N) is 3. The van der Waals surface area contributed by atoms with Gasteiger partial charge in [-0.15, -0.1) is 0 Å². The molecule has 2 aromatic heterocycles. The van der Waals surface area contributed by atoms with Crippen LogP contribution in [-0.4, -0.2) is 37.7 Å². The Balaban J connectivity index is 2.02. The maximum Gasteiger partial charge on any atom is 0.344 e. The quantitative estimate of drug-likeness (QED) is 0.512. The fourth-order valence-electron chi connectivity index (χ4n) is 3.15. The van der Waals surface area contributed by atoms with Gasteiger partial charge in [0.05, 0.1) is 22.7 Å². The second-order valence-electron chi connectivity index (χ2n) is 6.79. The molecule has 0 bridgehead atoms. The Labute approximate surface area is 165 Å². The molecule has 0 aliphatic heterocycles. The number of fused-ring (bicyclic) bond motifs is 2. The summed E-state index contributed by atoms with van der Waals surface area (Å²) in [5, 5.41) is 9.14. The van der Waals surface area contributed by atoms with Gasteiger partial charge < -0.3 is 15.6 Å². The van der Waals surface area contributed by atoms with E-state index in [9.17, 15) is 9.59 Å². The maximum atomic E-state index is 12.8. The van der Waals surface area contributed by atoms with E-state index >= 15 is 0 Å². The third-order valence-electron chi connectivity index (χ3n) is 4.42. The highest BCUT2D eigenvalue weighted by Crippen LogP contribution is 2.31. The molecule has 0 atom stereocenters. The number of para-hydroxylation sites is 2. The third kappa shape index (κ3) is 3.14. The molecule has 0 fully saturated rings. The molecule has 0 saturated heterocycles. The summed E-state index contributed by atoms with van der Waals surface area (Å²) in [4.78, 5) is 33.2. The van der Waals surface area contributed by atoms with E-state index in [0.717, 1.165) is 0 Å². The van der Waals surface area contributed by atoms with Crippen LogP contribution >= 0.6 is 0 Å². The molecule has 0 saturated carbocycles. The maximum absolute atomic E-state index is 12.8. The predicted molar refractivity (Wildman–Crippen MR) is 108 cm³/mol. The zero-order chi connectivity index (χ0) is 20.7. The molecule has 8 heteroatoms. The van der Waals surface area contributed by atoms with Crippen LogP contribution in [0.2, 0.25) is 0 Å². The Hall–Kier alpha value is -3.94. The number of carbonyl (C=O) groups excluding carboxylic acids is 1. The Morgan fingerprint density at radius 3 is 2.24 bits per heavy atom. The number of carbonyl (C=O) groups is 2. The first-order valence-corrected chi connectivity index (χ1v) is 8.98. The number of rotatable bonds is 4. The van der Waals surface area contributed by atoms with Crippen molar-refractivity contribution in [3.8, 4) is 5.69 Å². The highest BCUT2D eigenvalue weighted by atomic mass is 16.5. The van der Waals surface area contributed by atoms with Gasteiger partial charge in [-0.2, -0.15) is 0 Å². The van der Waals surface area contributed by atoms with Crippen LogP contribution in [-0.2, 0) is 4.74 Å². The number of nitrogen functional groups attached to an aromatic ring is 1.